The van der Waals surface area contributed by atoms with Gasteiger partial charge in [0.2, 0.25) is 5.91 Å². The fourth-order valence-corrected chi connectivity index (χ4v) is 1.39. The van der Waals surface area contributed by atoms with Crippen molar-refractivity contribution in [2.45, 2.75) is 45.4 Å². The average molecular weight is 252 g/mol. The number of aryl methyl sites for hydroxylation is 1. The summed E-state index contributed by atoms with van der Waals surface area (Å²) in [5.41, 5.74) is -0.793. The molecule has 0 saturated heterocycles. The van der Waals surface area contributed by atoms with Crippen LogP contribution < -0.4 is 10.9 Å². The Hall–Kier alpha value is -1.62. The number of hydrogen-bond acceptors (Lipinski definition) is 3. The second-order valence-electron chi connectivity index (χ2n) is 4.93. The van der Waals surface area contributed by atoms with E-state index in [-0.39, 0.29) is 17.9 Å². The molecule has 2 N–H and O–H groups in total. The van der Waals surface area contributed by atoms with E-state index in [0.717, 1.165) is 0 Å². The third-order valence-corrected chi connectivity index (χ3v) is 2.98. The molecule has 0 aliphatic heterocycles. The molecule has 0 fully saturated rings. The number of aliphatic hydroxyl groups excluding tert-OH is 1. The molecule has 1 aromatic rings. The second-order valence-corrected chi connectivity index (χ2v) is 4.93. The molecule has 1 aromatic heterocycles. The minimum atomic E-state index is -0.668. The van der Waals surface area contributed by atoms with Crippen LogP contribution in [0, 0.1) is 0 Å². The molecule has 0 aromatic carbocycles. The van der Waals surface area contributed by atoms with Crippen molar-refractivity contribution in [2.75, 3.05) is 0 Å². The summed E-state index contributed by atoms with van der Waals surface area (Å²) in [6.45, 7) is 5.47. The van der Waals surface area contributed by atoms with Crippen molar-refractivity contribution >= 4 is 5.91 Å². The first-order valence-corrected chi connectivity index (χ1v) is 5.97. The molecule has 0 bridgehead atoms. The first-order valence-electron chi connectivity index (χ1n) is 5.97. The van der Waals surface area contributed by atoms with E-state index in [2.05, 4.69) is 5.32 Å². The Labute approximate surface area is 106 Å². The minimum absolute atomic E-state index is 0.125. The van der Waals surface area contributed by atoms with E-state index in [4.69, 9.17) is 0 Å². The molecule has 1 atom stereocenters. The van der Waals surface area contributed by atoms with Crippen molar-refractivity contribution < 1.29 is 9.90 Å². The molecule has 0 aliphatic rings. The summed E-state index contributed by atoms with van der Waals surface area (Å²) in [7, 11) is 0. The zero-order chi connectivity index (χ0) is 13.8. The van der Waals surface area contributed by atoms with Gasteiger partial charge in [-0.3, -0.25) is 9.59 Å². The van der Waals surface area contributed by atoms with Crippen LogP contribution in [-0.2, 0) is 11.3 Å². The third-order valence-electron chi connectivity index (χ3n) is 2.98. The number of pyridine rings is 1. The molecular weight excluding hydrogens is 232 g/mol. The number of carbonyl (C=O) groups excluding carboxylic acids is 1. The van der Waals surface area contributed by atoms with Crippen LogP contribution in [0.15, 0.2) is 29.2 Å². The molecular formula is C13H20N2O3. The normalized spacial score (nSPS) is 13.1. The third kappa shape index (κ3) is 4.00. The van der Waals surface area contributed by atoms with Crippen molar-refractivity contribution in [2.24, 2.45) is 0 Å². The Bertz CT molecular complexity index is 463. The zero-order valence-corrected chi connectivity index (χ0v) is 11.0. The minimum Gasteiger partial charge on any atom is -0.391 e. The highest BCUT2D eigenvalue weighted by atomic mass is 16.3. The molecule has 1 heterocycles. The largest absolute Gasteiger partial charge is 0.391 e. The van der Waals surface area contributed by atoms with Crippen LogP contribution in [0.4, 0.5) is 0 Å². The lowest BCUT2D eigenvalue weighted by Crippen LogP contribution is -2.51. The Morgan fingerprint density at radius 1 is 1.50 bits per heavy atom. The molecule has 18 heavy (non-hydrogen) atoms. The number of aliphatic hydroxyl groups is 1. The highest BCUT2D eigenvalue weighted by molar-refractivity contribution is 5.76. The average Bonchev–Trinajstić information content (AvgIpc) is 2.27. The number of amides is 1. The zero-order valence-electron chi connectivity index (χ0n) is 11.0. The highest BCUT2D eigenvalue weighted by Crippen LogP contribution is 2.08. The van der Waals surface area contributed by atoms with Crippen molar-refractivity contribution in [1.29, 1.82) is 0 Å². The quantitative estimate of drug-likeness (QED) is 0.802. The van der Waals surface area contributed by atoms with Crippen molar-refractivity contribution in [3.63, 3.8) is 0 Å². The molecule has 5 heteroatoms. The van der Waals surface area contributed by atoms with Crippen molar-refractivity contribution in [1.82, 2.24) is 9.88 Å². The highest BCUT2D eigenvalue weighted by Gasteiger charge is 2.25. The van der Waals surface area contributed by atoms with Crippen LogP contribution in [0.2, 0.25) is 0 Å². The maximum absolute atomic E-state index is 11.7. The van der Waals surface area contributed by atoms with E-state index in [1.165, 1.54) is 10.6 Å². The molecule has 5 nitrogen and oxygen atoms in total. The summed E-state index contributed by atoms with van der Waals surface area (Å²) in [6.07, 6.45) is 1.22. The Morgan fingerprint density at radius 2 is 2.17 bits per heavy atom. The van der Waals surface area contributed by atoms with E-state index in [0.29, 0.717) is 6.54 Å². The maximum Gasteiger partial charge on any atom is 0.250 e. The molecule has 0 spiro atoms. The summed E-state index contributed by atoms with van der Waals surface area (Å²) < 4.78 is 1.48. The fourth-order valence-electron chi connectivity index (χ4n) is 1.39. The number of nitrogens with one attached hydrogen (secondary N) is 1. The van der Waals surface area contributed by atoms with Gasteiger partial charge in [0, 0.05) is 25.2 Å². The van der Waals surface area contributed by atoms with Crippen LogP contribution in [0.3, 0.4) is 0 Å². The van der Waals surface area contributed by atoms with E-state index in [1.54, 1.807) is 39.1 Å². The van der Waals surface area contributed by atoms with Crippen LogP contribution in [0.5, 0.6) is 0 Å². The van der Waals surface area contributed by atoms with Gasteiger partial charge < -0.3 is 15.0 Å². The molecule has 0 saturated carbocycles. The summed E-state index contributed by atoms with van der Waals surface area (Å²) in [6, 6.07) is 4.87. The van der Waals surface area contributed by atoms with Crippen LogP contribution >= 0.6 is 0 Å². The number of nitrogens with zero attached hydrogens (tertiary/aromatic N) is 1. The molecule has 0 aliphatic carbocycles. The summed E-state index contributed by atoms with van der Waals surface area (Å²) in [5.74, 6) is -0.184. The number of aromatic nitrogens is 1. The molecule has 1 amide bonds. The van der Waals surface area contributed by atoms with Gasteiger partial charge in [0.25, 0.3) is 5.56 Å². The lowest BCUT2D eigenvalue weighted by Gasteiger charge is -2.29. The van der Waals surface area contributed by atoms with Gasteiger partial charge in [-0.1, -0.05) is 6.07 Å². The van der Waals surface area contributed by atoms with Gasteiger partial charge >= 0.3 is 0 Å². The monoisotopic (exact) mass is 252 g/mol. The van der Waals surface area contributed by atoms with Gasteiger partial charge in [0.1, 0.15) is 0 Å². The predicted octanol–water partition coefficient (Wildman–Crippen LogP) is 0.514. The van der Waals surface area contributed by atoms with Gasteiger partial charge in [-0.25, -0.2) is 0 Å². The standard InChI is InChI=1S/C13H20N2O3/c1-10(16)13(2,3)14-11(17)7-9-15-8-5-4-6-12(15)18/h4-6,8,10,16H,7,9H2,1-3H3,(H,14,17). The first-order chi connectivity index (χ1) is 8.33. The molecule has 100 valence electrons. The Kier molecular flexibility index (Phi) is 4.67. The summed E-state index contributed by atoms with van der Waals surface area (Å²) >= 11 is 0. The van der Waals surface area contributed by atoms with Crippen LogP contribution in [0.1, 0.15) is 27.2 Å². The van der Waals surface area contributed by atoms with Gasteiger partial charge in [-0.2, -0.15) is 0 Å². The topological polar surface area (TPSA) is 71.3 Å². The van der Waals surface area contributed by atoms with Crippen LogP contribution in [-0.4, -0.2) is 27.2 Å². The Balaban J connectivity index is 2.53. The molecule has 1 unspecified atom stereocenters. The predicted molar refractivity (Wildman–Crippen MR) is 69.2 cm³/mol. The van der Waals surface area contributed by atoms with E-state index in [1.807, 2.05) is 0 Å². The van der Waals surface area contributed by atoms with E-state index < -0.39 is 11.6 Å². The van der Waals surface area contributed by atoms with E-state index >= 15 is 0 Å². The number of hydrogen-bond donors (Lipinski definition) is 2. The molecule has 0 radical (unpaired) electrons. The van der Waals surface area contributed by atoms with Crippen LogP contribution in [0.25, 0.3) is 0 Å². The SMILES string of the molecule is CC(O)C(C)(C)NC(=O)CCn1ccccc1=O. The maximum atomic E-state index is 11.7. The molecule has 1 rings (SSSR count). The van der Waals surface area contributed by atoms with Gasteiger partial charge in [-0.05, 0) is 26.8 Å². The smallest absolute Gasteiger partial charge is 0.250 e. The number of rotatable bonds is 5. The van der Waals surface area contributed by atoms with Gasteiger partial charge in [-0.15, -0.1) is 0 Å². The Morgan fingerprint density at radius 3 is 2.72 bits per heavy atom. The van der Waals surface area contributed by atoms with E-state index in [9.17, 15) is 14.7 Å². The number of carbonyl (C=O) groups is 1. The second kappa shape index (κ2) is 5.82. The van der Waals surface area contributed by atoms with Gasteiger partial charge in [0.05, 0.1) is 11.6 Å². The summed E-state index contributed by atoms with van der Waals surface area (Å²) in [5, 5.41) is 12.2. The lowest BCUT2D eigenvalue weighted by atomic mass is 9.98. The summed E-state index contributed by atoms with van der Waals surface area (Å²) in [4.78, 5) is 23.1. The lowest BCUT2D eigenvalue weighted by molar-refractivity contribution is -0.124. The van der Waals surface area contributed by atoms with Gasteiger partial charge in [0.15, 0.2) is 0 Å². The fraction of sp³-hybridized carbons (Fsp3) is 0.538. The van der Waals surface area contributed by atoms with Crippen molar-refractivity contribution in [3.8, 4) is 0 Å². The van der Waals surface area contributed by atoms with Crippen molar-refractivity contribution in [3.05, 3.63) is 34.7 Å². The first kappa shape index (κ1) is 14.4.